The molecule has 0 radical (unpaired) electrons. The van der Waals surface area contributed by atoms with Crippen molar-refractivity contribution in [3.63, 3.8) is 0 Å². The maximum absolute atomic E-state index is 13.0. The third kappa shape index (κ3) is 5.53. The van der Waals surface area contributed by atoms with Gasteiger partial charge in [-0.2, -0.15) is 0 Å². The first-order valence-electron chi connectivity index (χ1n) is 11.0. The molecule has 0 unspecified atom stereocenters. The van der Waals surface area contributed by atoms with Gasteiger partial charge in [-0.3, -0.25) is 14.5 Å². The smallest absolute Gasteiger partial charge is 0.237 e. The lowest BCUT2D eigenvalue weighted by molar-refractivity contribution is -0.120. The van der Waals surface area contributed by atoms with E-state index in [-0.39, 0.29) is 16.3 Å². The molecule has 0 aromatic carbocycles. The fourth-order valence-electron chi connectivity index (χ4n) is 3.09. The second-order valence-electron chi connectivity index (χ2n) is 8.65. The summed E-state index contributed by atoms with van der Waals surface area (Å²) in [5.41, 5.74) is 1.20. The molecule has 0 bridgehead atoms. The number of nitrogens with zero attached hydrogens (tertiary/aromatic N) is 3. The van der Waals surface area contributed by atoms with Crippen molar-refractivity contribution in [2.24, 2.45) is 0 Å². The number of aromatic nitrogens is 3. The SMILES string of the molecule is CCCOc1cncc(-c2ccc(NC(=O)C(C)(C)c3csc(NS(=O)(=O)C4CC4)n3)nc2)c1. The quantitative estimate of drug-likeness (QED) is 0.426. The Morgan fingerprint density at radius 2 is 2.00 bits per heavy atom. The summed E-state index contributed by atoms with van der Waals surface area (Å²) in [5, 5.41) is 4.44. The maximum atomic E-state index is 13.0. The Labute approximate surface area is 203 Å². The third-order valence-electron chi connectivity index (χ3n) is 5.43. The lowest BCUT2D eigenvalue weighted by Gasteiger charge is -2.21. The summed E-state index contributed by atoms with van der Waals surface area (Å²) in [4.78, 5) is 25.9. The van der Waals surface area contributed by atoms with Crippen molar-refractivity contribution in [1.82, 2.24) is 15.0 Å². The molecule has 180 valence electrons. The van der Waals surface area contributed by atoms with Crippen molar-refractivity contribution in [3.8, 4) is 16.9 Å². The van der Waals surface area contributed by atoms with Crippen molar-refractivity contribution in [2.45, 2.75) is 50.7 Å². The van der Waals surface area contributed by atoms with Crippen LogP contribution in [0.5, 0.6) is 5.75 Å². The molecule has 9 nitrogen and oxygen atoms in total. The van der Waals surface area contributed by atoms with Crippen LogP contribution in [-0.4, -0.2) is 41.1 Å². The number of carbonyl (C=O) groups excluding carboxylic acids is 1. The number of anilines is 2. The van der Waals surface area contributed by atoms with E-state index in [9.17, 15) is 13.2 Å². The van der Waals surface area contributed by atoms with E-state index >= 15 is 0 Å². The summed E-state index contributed by atoms with van der Waals surface area (Å²) in [6.07, 6.45) is 7.31. The first-order valence-corrected chi connectivity index (χ1v) is 13.4. The molecular formula is C23H27N5O4S2. The Bertz CT molecular complexity index is 1270. The average molecular weight is 502 g/mol. The van der Waals surface area contributed by atoms with Crippen LogP contribution in [-0.2, 0) is 20.2 Å². The molecule has 0 atom stereocenters. The molecule has 1 saturated carbocycles. The van der Waals surface area contributed by atoms with Gasteiger partial charge in [0, 0.05) is 28.9 Å². The molecule has 2 N–H and O–H groups in total. The van der Waals surface area contributed by atoms with E-state index in [1.807, 2.05) is 19.1 Å². The topological polar surface area (TPSA) is 123 Å². The largest absolute Gasteiger partial charge is 0.492 e. The van der Waals surface area contributed by atoms with Gasteiger partial charge in [-0.05, 0) is 51.3 Å². The molecule has 3 heterocycles. The fraction of sp³-hybridized carbons (Fsp3) is 0.391. The molecule has 1 fully saturated rings. The molecular weight excluding hydrogens is 474 g/mol. The van der Waals surface area contributed by atoms with Crippen molar-refractivity contribution < 1.29 is 17.9 Å². The van der Waals surface area contributed by atoms with Crippen LogP contribution in [0.4, 0.5) is 10.9 Å². The Morgan fingerprint density at radius 1 is 1.21 bits per heavy atom. The molecule has 0 saturated heterocycles. The zero-order chi connectivity index (χ0) is 24.3. The van der Waals surface area contributed by atoms with Gasteiger partial charge < -0.3 is 10.1 Å². The number of thiazole rings is 1. The van der Waals surface area contributed by atoms with E-state index in [0.717, 1.165) is 28.9 Å². The molecule has 4 rings (SSSR count). The van der Waals surface area contributed by atoms with Crippen LogP contribution in [0.3, 0.4) is 0 Å². The number of nitrogens with one attached hydrogen (secondary N) is 2. The Balaban J connectivity index is 1.42. The van der Waals surface area contributed by atoms with Crippen LogP contribution >= 0.6 is 11.3 Å². The predicted octanol–water partition coefficient (Wildman–Crippen LogP) is 4.21. The van der Waals surface area contributed by atoms with Crippen LogP contribution < -0.4 is 14.8 Å². The van der Waals surface area contributed by atoms with Crippen LogP contribution in [0.1, 0.15) is 45.7 Å². The lowest BCUT2D eigenvalue weighted by atomic mass is 9.89. The minimum atomic E-state index is -3.40. The highest BCUT2D eigenvalue weighted by atomic mass is 32.2. The van der Waals surface area contributed by atoms with Crippen LogP contribution in [0, 0.1) is 0 Å². The highest BCUT2D eigenvalue weighted by Gasteiger charge is 2.37. The molecule has 0 aliphatic heterocycles. The van der Waals surface area contributed by atoms with Crippen LogP contribution in [0.15, 0.2) is 42.2 Å². The number of hydrogen-bond acceptors (Lipinski definition) is 8. The number of rotatable bonds is 10. The lowest BCUT2D eigenvalue weighted by Crippen LogP contribution is -2.35. The highest BCUT2D eigenvalue weighted by Crippen LogP contribution is 2.33. The second-order valence-corrected chi connectivity index (χ2v) is 11.5. The van der Waals surface area contributed by atoms with Gasteiger partial charge >= 0.3 is 0 Å². The van der Waals surface area contributed by atoms with E-state index in [4.69, 9.17) is 4.74 Å². The normalized spacial score (nSPS) is 14.0. The van der Waals surface area contributed by atoms with Gasteiger partial charge in [0.1, 0.15) is 11.6 Å². The summed E-state index contributed by atoms with van der Waals surface area (Å²) < 4.78 is 32.4. The van der Waals surface area contributed by atoms with Gasteiger partial charge in [0.15, 0.2) is 5.13 Å². The van der Waals surface area contributed by atoms with Crippen LogP contribution in [0.25, 0.3) is 11.1 Å². The zero-order valence-corrected chi connectivity index (χ0v) is 20.9. The molecule has 34 heavy (non-hydrogen) atoms. The Hall–Kier alpha value is -3.05. The molecule has 1 amide bonds. The Morgan fingerprint density at radius 3 is 2.68 bits per heavy atom. The summed E-state index contributed by atoms with van der Waals surface area (Å²) in [6.45, 7) is 6.13. The van der Waals surface area contributed by atoms with Gasteiger partial charge in [-0.1, -0.05) is 6.92 Å². The van der Waals surface area contributed by atoms with Crippen molar-refractivity contribution in [1.29, 1.82) is 0 Å². The van der Waals surface area contributed by atoms with E-state index in [0.29, 0.717) is 36.7 Å². The van der Waals surface area contributed by atoms with E-state index in [1.165, 1.54) is 0 Å². The third-order valence-corrected chi connectivity index (χ3v) is 8.14. The standard InChI is InChI=1S/C23H27N5O4S2/c1-4-9-32-17-10-16(11-24-13-17)15-5-8-20(25-12-15)27-21(29)23(2,3)19-14-33-22(26-19)28-34(30,31)18-6-7-18/h5,8,10-14,18H,4,6-7,9H2,1-3H3,(H,26,28)(H,25,27,29). The second kappa shape index (κ2) is 9.67. The van der Waals surface area contributed by atoms with Crippen LogP contribution in [0.2, 0.25) is 0 Å². The Kier molecular flexibility index (Phi) is 6.85. The van der Waals surface area contributed by atoms with Gasteiger partial charge in [0.25, 0.3) is 0 Å². The number of pyridine rings is 2. The number of hydrogen-bond donors (Lipinski definition) is 2. The van der Waals surface area contributed by atoms with Crippen molar-refractivity contribution in [2.75, 3.05) is 16.6 Å². The number of carbonyl (C=O) groups is 1. The van der Waals surface area contributed by atoms with Crippen molar-refractivity contribution in [3.05, 3.63) is 47.9 Å². The van der Waals surface area contributed by atoms with Gasteiger partial charge in [0.2, 0.25) is 15.9 Å². The van der Waals surface area contributed by atoms with Gasteiger partial charge in [-0.15, -0.1) is 11.3 Å². The molecule has 3 aromatic heterocycles. The van der Waals surface area contributed by atoms with Gasteiger partial charge in [-0.25, -0.2) is 18.4 Å². The maximum Gasteiger partial charge on any atom is 0.237 e. The van der Waals surface area contributed by atoms with E-state index in [2.05, 4.69) is 25.0 Å². The fourth-order valence-corrected chi connectivity index (χ4v) is 5.57. The summed E-state index contributed by atoms with van der Waals surface area (Å²) >= 11 is 1.16. The van der Waals surface area contributed by atoms with Gasteiger partial charge in [0.05, 0.1) is 29.2 Å². The van der Waals surface area contributed by atoms with Crippen molar-refractivity contribution >= 4 is 38.2 Å². The number of sulfonamides is 1. The van der Waals surface area contributed by atoms with E-state index < -0.39 is 15.4 Å². The highest BCUT2D eigenvalue weighted by molar-refractivity contribution is 7.93. The first kappa shape index (κ1) is 24.1. The molecule has 1 aliphatic carbocycles. The first-order chi connectivity index (χ1) is 16.2. The number of ether oxygens (including phenoxy) is 1. The molecule has 11 heteroatoms. The summed E-state index contributed by atoms with van der Waals surface area (Å²) in [5.74, 6) is 0.796. The predicted molar refractivity (Wildman–Crippen MR) is 133 cm³/mol. The zero-order valence-electron chi connectivity index (χ0n) is 19.2. The molecule has 1 aliphatic rings. The summed E-state index contributed by atoms with van der Waals surface area (Å²) in [7, 11) is -3.40. The molecule has 3 aromatic rings. The minimum Gasteiger partial charge on any atom is -0.492 e. The average Bonchev–Trinajstić information content (AvgIpc) is 3.58. The molecule has 0 spiro atoms. The summed E-state index contributed by atoms with van der Waals surface area (Å²) in [6, 6.07) is 5.47. The minimum absolute atomic E-state index is 0.268. The number of amides is 1. The monoisotopic (exact) mass is 501 g/mol. The van der Waals surface area contributed by atoms with E-state index in [1.54, 1.807) is 43.9 Å².